The number of hydrogen-bond acceptors (Lipinski definition) is 18. The predicted molar refractivity (Wildman–Crippen MR) is 462 cm³/mol. The van der Waals surface area contributed by atoms with Crippen LogP contribution in [-0.4, -0.2) is 193 Å². The third kappa shape index (κ3) is 52.6. The summed E-state index contributed by atoms with van der Waals surface area (Å²) in [6.45, 7) is 1.87. The Kier molecular flexibility index (Phi) is 70.1. The Hall–Kier alpha value is -1.73. The molecule has 0 radical (unpaired) electrons. The highest BCUT2D eigenvalue weighted by Gasteiger charge is 2.54. The minimum Gasteiger partial charge on any atom is -0.394 e. The molecular weight excluding hydrogens is 1440 g/mol. The minimum absolute atomic E-state index is 0.231. The van der Waals surface area contributed by atoms with E-state index in [1.54, 1.807) is 0 Å². The van der Waals surface area contributed by atoms with Crippen LogP contribution >= 0.6 is 0 Å². The second-order valence-corrected chi connectivity index (χ2v) is 34.9. The summed E-state index contributed by atoms with van der Waals surface area (Å²) >= 11 is 0. The highest BCUT2D eigenvalue weighted by Crippen LogP contribution is 2.34. The van der Waals surface area contributed by atoms with Gasteiger partial charge in [-0.1, -0.05) is 417 Å². The van der Waals surface area contributed by atoms with Crippen LogP contribution in [0, 0.1) is 0 Å². The van der Waals surface area contributed by atoms with Gasteiger partial charge in [0.1, 0.15) is 73.2 Å². The van der Waals surface area contributed by atoms with E-state index in [0.717, 1.165) is 51.4 Å². The number of aliphatic hydroxyl groups excluding tert-OH is 11. The molecule has 3 saturated heterocycles. The number of amides is 1. The van der Waals surface area contributed by atoms with Gasteiger partial charge in [-0.3, -0.25) is 4.79 Å². The van der Waals surface area contributed by atoms with Gasteiger partial charge in [0.15, 0.2) is 18.9 Å². The van der Waals surface area contributed by atoms with Crippen LogP contribution in [0.15, 0.2) is 24.3 Å². The summed E-state index contributed by atoms with van der Waals surface area (Å²) in [6.07, 6.45) is 68.9. The fourth-order valence-electron chi connectivity index (χ4n) is 16.8. The number of hydrogen-bond donors (Lipinski definition) is 12. The second kappa shape index (κ2) is 75.0. The average molecular weight is 1630 g/mol. The van der Waals surface area contributed by atoms with Crippen molar-refractivity contribution in [1.82, 2.24) is 5.32 Å². The first-order valence-corrected chi connectivity index (χ1v) is 48.6. The number of allylic oxidation sites excluding steroid dienone is 4. The maximum Gasteiger partial charge on any atom is 0.220 e. The molecule has 0 aliphatic carbocycles. The summed E-state index contributed by atoms with van der Waals surface area (Å²) in [5, 5.41) is 121. The summed E-state index contributed by atoms with van der Waals surface area (Å²) in [5.41, 5.74) is 0. The Labute approximate surface area is 696 Å². The van der Waals surface area contributed by atoms with Gasteiger partial charge in [0, 0.05) is 6.42 Å². The zero-order chi connectivity index (χ0) is 82.4. The highest BCUT2D eigenvalue weighted by molar-refractivity contribution is 5.76. The third-order valence-corrected chi connectivity index (χ3v) is 24.5. The lowest BCUT2D eigenvalue weighted by atomic mass is 9.96. The van der Waals surface area contributed by atoms with Crippen molar-refractivity contribution in [2.45, 2.75) is 548 Å². The molecule has 1 amide bonds. The first-order valence-electron chi connectivity index (χ1n) is 48.6. The number of carbonyl (C=O) groups is 1. The van der Waals surface area contributed by atoms with Crippen molar-refractivity contribution in [3.05, 3.63) is 24.3 Å². The average Bonchev–Trinajstić information content (AvgIpc) is 0.782. The van der Waals surface area contributed by atoms with Gasteiger partial charge in [-0.2, -0.15) is 0 Å². The molecule has 17 unspecified atom stereocenters. The van der Waals surface area contributed by atoms with E-state index in [4.69, 9.17) is 28.4 Å². The Morgan fingerprint density at radius 3 is 0.895 bits per heavy atom. The lowest BCUT2D eigenvalue weighted by molar-refractivity contribution is -0.379. The molecule has 3 aliphatic rings. The highest BCUT2D eigenvalue weighted by atomic mass is 16.8. The van der Waals surface area contributed by atoms with E-state index in [9.17, 15) is 61.0 Å². The molecule has 0 aromatic rings. The van der Waals surface area contributed by atoms with Gasteiger partial charge < -0.3 is 89.9 Å². The third-order valence-electron chi connectivity index (χ3n) is 24.5. The number of unbranched alkanes of at least 4 members (excludes halogenated alkanes) is 61. The molecule has 3 rings (SSSR count). The summed E-state index contributed by atoms with van der Waals surface area (Å²) in [4.78, 5) is 13.6. The molecule has 3 fully saturated rings. The Balaban J connectivity index is 1.27. The Morgan fingerprint density at radius 2 is 0.579 bits per heavy atom. The standard InChI is InChI=1S/C95H181NO18/c1-3-5-7-9-11-13-15-17-19-21-23-25-27-29-31-33-34-35-36-37-38-39-40-41-42-43-44-45-47-49-51-53-55-57-59-61-63-65-67-69-71-73-83(101)96-78(79(100)72-70-68-66-64-62-60-58-56-54-52-50-48-46-32-30-28-26-24-22-20-18-16-14-12-10-8-6-4-2)77-109-93-89(107)86(104)91(81(75-98)111-93)114-95-90(108)87(105)92(82(76-99)112-95)113-94-88(106)85(103)84(102)80(74-97)110-94/h15,17,21,23,78-82,84-95,97-100,102-108H,3-14,16,18-20,22,24-77H2,1-2H3,(H,96,101)/b17-15-,23-21-. The van der Waals surface area contributed by atoms with E-state index in [1.165, 1.54) is 360 Å². The van der Waals surface area contributed by atoms with Crippen molar-refractivity contribution in [2.75, 3.05) is 26.4 Å². The quantitative estimate of drug-likeness (QED) is 0.0199. The van der Waals surface area contributed by atoms with Crippen molar-refractivity contribution < 1.29 is 89.4 Å². The van der Waals surface area contributed by atoms with Crippen LogP contribution in [0.5, 0.6) is 0 Å². The van der Waals surface area contributed by atoms with Crippen LogP contribution in [0.4, 0.5) is 0 Å². The minimum atomic E-state index is -1.97. The summed E-state index contributed by atoms with van der Waals surface area (Å²) in [6, 6.07) is -0.886. The van der Waals surface area contributed by atoms with Gasteiger partial charge in [0.05, 0.1) is 38.6 Å². The lowest BCUT2D eigenvalue weighted by Crippen LogP contribution is -2.66. The van der Waals surface area contributed by atoms with Gasteiger partial charge in [0.2, 0.25) is 5.91 Å². The molecule has 19 nitrogen and oxygen atoms in total. The molecule has 0 bridgehead atoms. The van der Waals surface area contributed by atoms with E-state index >= 15 is 0 Å². The van der Waals surface area contributed by atoms with Crippen molar-refractivity contribution >= 4 is 5.91 Å². The van der Waals surface area contributed by atoms with E-state index in [0.29, 0.717) is 12.8 Å². The molecule has 674 valence electrons. The van der Waals surface area contributed by atoms with Crippen LogP contribution in [0.3, 0.4) is 0 Å². The molecule has 19 heteroatoms. The molecule has 3 heterocycles. The summed E-state index contributed by atoms with van der Waals surface area (Å²) < 4.78 is 34.6. The van der Waals surface area contributed by atoms with Gasteiger partial charge >= 0.3 is 0 Å². The summed E-state index contributed by atoms with van der Waals surface area (Å²) in [7, 11) is 0. The zero-order valence-corrected chi connectivity index (χ0v) is 73.1. The van der Waals surface area contributed by atoms with Crippen LogP contribution in [0.1, 0.15) is 444 Å². The van der Waals surface area contributed by atoms with Crippen LogP contribution in [0.2, 0.25) is 0 Å². The predicted octanol–water partition coefficient (Wildman–Crippen LogP) is 19.6. The zero-order valence-electron chi connectivity index (χ0n) is 73.1. The molecule has 12 N–H and O–H groups in total. The molecule has 0 saturated carbocycles. The number of carbonyl (C=O) groups excluding carboxylic acids is 1. The smallest absolute Gasteiger partial charge is 0.220 e. The molecule has 0 aromatic heterocycles. The lowest BCUT2D eigenvalue weighted by Gasteiger charge is -2.48. The number of rotatable bonds is 81. The molecule has 114 heavy (non-hydrogen) atoms. The SMILES string of the molecule is CCCCCCC/C=C\C/C=C\CCCCCCCCCCCCCCCCCCCCCCCCCCCCCCCC(=O)NC(COC1OC(CO)C(OC2OC(CO)C(OC3OC(CO)C(O)C(O)C3O)C(O)C2O)C(O)C1O)C(O)CCCCCCCCCCCCCCCCCCCCCCCCCCCCCC. The van der Waals surface area contributed by atoms with Crippen molar-refractivity contribution in [3.8, 4) is 0 Å². The van der Waals surface area contributed by atoms with E-state index < -0.39 is 124 Å². The maximum atomic E-state index is 13.6. The largest absolute Gasteiger partial charge is 0.394 e. The van der Waals surface area contributed by atoms with Crippen molar-refractivity contribution in [2.24, 2.45) is 0 Å². The number of ether oxygens (including phenoxy) is 6. The van der Waals surface area contributed by atoms with Gasteiger partial charge in [0.25, 0.3) is 0 Å². The fourth-order valence-corrected chi connectivity index (χ4v) is 16.8. The first-order chi connectivity index (χ1) is 55.8. The molecule has 0 aromatic carbocycles. The maximum absolute atomic E-state index is 13.6. The number of nitrogens with one attached hydrogen (secondary N) is 1. The van der Waals surface area contributed by atoms with Crippen LogP contribution < -0.4 is 5.32 Å². The van der Waals surface area contributed by atoms with Gasteiger partial charge in [-0.15, -0.1) is 0 Å². The van der Waals surface area contributed by atoms with Gasteiger partial charge in [-0.05, 0) is 44.9 Å². The monoisotopic (exact) mass is 1620 g/mol. The molecule has 0 spiro atoms. The van der Waals surface area contributed by atoms with Crippen molar-refractivity contribution in [3.63, 3.8) is 0 Å². The van der Waals surface area contributed by atoms with Gasteiger partial charge in [-0.25, -0.2) is 0 Å². The second-order valence-electron chi connectivity index (χ2n) is 34.9. The number of aliphatic hydroxyl groups is 11. The molecule has 17 atom stereocenters. The normalized spacial score (nSPS) is 24.7. The first kappa shape index (κ1) is 106. The van der Waals surface area contributed by atoms with E-state index in [2.05, 4.69) is 43.5 Å². The Morgan fingerprint density at radius 1 is 0.316 bits per heavy atom. The Bertz CT molecular complexity index is 2140. The fraction of sp³-hybridized carbons (Fsp3) is 0.947. The molecule has 3 aliphatic heterocycles. The van der Waals surface area contributed by atoms with Crippen LogP contribution in [0.25, 0.3) is 0 Å². The van der Waals surface area contributed by atoms with Crippen molar-refractivity contribution in [1.29, 1.82) is 0 Å². The molecular formula is C95H181NO18. The van der Waals surface area contributed by atoms with E-state index in [-0.39, 0.29) is 18.9 Å². The topological polar surface area (TPSA) is 307 Å². The van der Waals surface area contributed by atoms with Crippen LogP contribution in [-0.2, 0) is 33.2 Å². The van der Waals surface area contributed by atoms with E-state index in [1.807, 2.05) is 0 Å². The summed E-state index contributed by atoms with van der Waals surface area (Å²) in [5.74, 6) is -0.231.